The molecule has 0 spiro atoms. The fourth-order valence-electron chi connectivity index (χ4n) is 3.21. The lowest BCUT2D eigenvalue weighted by atomic mass is 10.1. The van der Waals surface area contributed by atoms with Gasteiger partial charge in [-0.2, -0.15) is 0 Å². The van der Waals surface area contributed by atoms with Gasteiger partial charge in [0, 0.05) is 6.08 Å². The molecule has 2 heterocycles. The lowest BCUT2D eigenvalue weighted by molar-refractivity contribution is -0.384. The molecule has 2 aromatic rings. The van der Waals surface area contributed by atoms with Crippen molar-refractivity contribution in [3.8, 4) is 17.1 Å². The average molecular weight is 477 g/mol. The molecule has 9 nitrogen and oxygen atoms in total. The number of carbonyl (C=O) groups is 2. The number of nitro benzene ring substituents is 1. The van der Waals surface area contributed by atoms with Crippen molar-refractivity contribution in [3.05, 3.63) is 51.1 Å². The highest BCUT2D eigenvalue weighted by Crippen LogP contribution is 2.37. The van der Waals surface area contributed by atoms with Crippen LogP contribution in [0.5, 0.6) is 5.75 Å². The van der Waals surface area contributed by atoms with Gasteiger partial charge in [0.15, 0.2) is 0 Å². The van der Waals surface area contributed by atoms with Crippen LogP contribution in [0.1, 0.15) is 31.9 Å². The second-order valence-corrected chi connectivity index (χ2v) is 8.57. The van der Waals surface area contributed by atoms with Crippen LogP contribution in [0.3, 0.4) is 0 Å². The number of ether oxygens (including phenoxy) is 1. The first-order valence-electron chi connectivity index (χ1n) is 9.69. The fourth-order valence-corrected chi connectivity index (χ4v) is 4.55. The number of nitrogens with zero attached hydrogens (tertiary/aromatic N) is 2. The van der Waals surface area contributed by atoms with Crippen LogP contribution in [0, 0.1) is 10.1 Å². The van der Waals surface area contributed by atoms with Crippen molar-refractivity contribution in [2.75, 3.05) is 7.11 Å². The molecule has 1 aromatic carbocycles. The number of rotatable bonds is 9. The highest BCUT2D eigenvalue weighted by molar-refractivity contribution is 8.26. The van der Waals surface area contributed by atoms with Crippen molar-refractivity contribution in [2.45, 2.75) is 32.2 Å². The summed E-state index contributed by atoms with van der Waals surface area (Å²) in [6.45, 7) is 1.94. The summed E-state index contributed by atoms with van der Waals surface area (Å²) in [7, 11) is 1.41. The zero-order valence-corrected chi connectivity index (χ0v) is 18.9. The quantitative estimate of drug-likeness (QED) is 0.237. The van der Waals surface area contributed by atoms with E-state index in [0.717, 1.165) is 23.1 Å². The van der Waals surface area contributed by atoms with Gasteiger partial charge in [-0.1, -0.05) is 43.7 Å². The number of carbonyl (C=O) groups excluding carboxylic acids is 1. The summed E-state index contributed by atoms with van der Waals surface area (Å²) < 4.78 is 10.9. The predicted molar refractivity (Wildman–Crippen MR) is 123 cm³/mol. The van der Waals surface area contributed by atoms with Crippen LogP contribution in [0.4, 0.5) is 5.69 Å². The normalized spacial score (nSPS) is 15.9. The molecule has 0 radical (unpaired) electrons. The zero-order chi connectivity index (χ0) is 23.4. The van der Waals surface area contributed by atoms with E-state index in [1.54, 1.807) is 18.2 Å². The Balaban J connectivity index is 1.89. The number of methoxy groups -OCH3 is 1. The second-order valence-electron chi connectivity index (χ2n) is 6.89. The van der Waals surface area contributed by atoms with Crippen LogP contribution in [-0.2, 0) is 9.59 Å². The summed E-state index contributed by atoms with van der Waals surface area (Å²) in [5.41, 5.74) is 0.0744. The average Bonchev–Trinajstić information content (AvgIpc) is 3.33. The molecule has 0 unspecified atom stereocenters. The minimum Gasteiger partial charge on any atom is -0.497 e. The van der Waals surface area contributed by atoms with Gasteiger partial charge in [-0.15, -0.1) is 0 Å². The smallest absolute Gasteiger partial charge is 0.326 e. The zero-order valence-electron chi connectivity index (χ0n) is 17.3. The number of hydrogen-bond acceptors (Lipinski definition) is 8. The molecule has 1 N–H and O–H groups in total. The van der Waals surface area contributed by atoms with Crippen molar-refractivity contribution in [3.63, 3.8) is 0 Å². The van der Waals surface area contributed by atoms with E-state index >= 15 is 0 Å². The second kappa shape index (κ2) is 9.96. The molecule has 1 aliphatic rings. The summed E-state index contributed by atoms with van der Waals surface area (Å²) in [4.78, 5) is 36.8. The minimum atomic E-state index is -1.11. The van der Waals surface area contributed by atoms with Crippen molar-refractivity contribution in [1.29, 1.82) is 0 Å². The Labute approximate surface area is 193 Å². The number of nitro groups is 1. The lowest BCUT2D eigenvalue weighted by Crippen LogP contribution is -2.43. The molecule has 1 fully saturated rings. The number of carboxylic acids is 1. The van der Waals surface area contributed by atoms with E-state index in [1.807, 2.05) is 6.92 Å². The molecular weight excluding hydrogens is 456 g/mol. The van der Waals surface area contributed by atoms with E-state index in [2.05, 4.69) is 0 Å². The van der Waals surface area contributed by atoms with Gasteiger partial charge in [0.2, 0.25) is 0 Å². The number of hydrogen-bond donors (Lipinski definition) is 1. The van der Waals surface area contributed by atoms with E-state index in [4.69, 9.17) is 21.4 Å². The number of thiocarbonyl (C=S) groups is 1. The molecule has 0 aliphatic carbocycles. The summed E-state index contributed by atoms with van der Waals surface area (Å²) in [6.07, 6.45) is 3.20. The third-order valence-electron chi connectivity index (χ3n) is 4.82. The molecule has 1 saturated heterocycles. The molecule has 1 aromatic heterocycles. The number of benzene rings is 1. The molecule has 168 valence electrons. The fraction of sp³-hybridized carbons (Fsp3) is 0.286. The van der Waals surface area contributed by atoms with Crippen LogP contribution in [0.2, 0.25) is 0 Å². The number of amides is 1. The molecule has 1 aliphatic heterocycles. The maximum absolute atomic E-state index is 12.9. The van der Waals surface area contributed by atoms with Gasteiger partial charge < -0.3 is 14.3 Å². The van der Waals surface area contributed by atoms with E-state index in [-0.39, 0.29) is 32.0 Å². The minimum absolute atomic E-state index is 0.169. The van der Waals surface area contributed by atoms with Gasteiger partial charge in [-0.3, -0.25) is 19.8 Å². The van der Waals surface area contributed by atoms with Crippen LogP contribution in [0.15, 0.2) is 39.7 Å². The largest absolute Gasteiger partial charge is 0.497 e. The van der Waals surface area contributed by atoms with E-state index in [9.17, 15) is 24.8 Å². The standard InChI is InChI=1S/C21H20N2O7S2/c1-3-4-5-15(20(25)26)22-19(24)18(32-21(22)31)11-13-7-9-17(30-13)14-8-6-12(29-2)10-16(14)23(27)28/h6-11,15H,3-5H2,1-2H3,(H,25,26)/b18-11+/t15-/m0/s1. The maximum atomic E-state index is 12.9. The van der Waals surface area contributed by atoms with Gasteiger partial charge in [0.1, 0.15) is 27.6 Å². The Kier molecular flexibility index (Phi) is 7.31. The van der Waals surface area contributed by atoms with E-state index in [0.29, 0.717) is 18.6 Å². The van der Waals surface area contributed by atoms with E-state index < -0.39 is 22.8 Å². The number of furan rings is 1. The Hall–Kier alpha value is -3.18. The van der Waals surface area contributed by atoms with Gasteiger partial charge in [-0.25, -0.2) is 4.79 Å². The maximum Gasteiger partial charge on any atom is 0.326 e. The summed E-state index contributed by atoms with van der Waals surface area (Å²) in [6, 6.07) is 6.50. The molecule has 11 heteroatoms. The van der Waals surface area contributed by atoms with Crippen molar-refractivity contribution in [1.82, 2.24) is 4.90 Å². The molecule has 0 saturated carbocycles. The molecule has 32 heavy (non-hydrogen) atoms. The number of aliphatic carboxylic acids is 1. The van der Waals surface area contributed by atoms with Crippen molar-refractivity contribution < 1.29 is 28.8 Å². The van der Waals surface area contributed by atoms with Crippen LogP contribution in [-0.4, -0.2) is 44.3 Å². The van der Waals surface area contributed by atoms with Crippen LogP contribution in [0.25, 0.3) is 17.4 Å². The first-order valence-corrected chi connectivity index (χ1v) is 10.9. The van der Waals surface area contributed by atoms with Crippen LogP contribution >= 0.6 is 24.0 Å². The Morgan fingerprint density at radius 1 is 1.41 bits per heavy atom. The number of carboxylic acid groups (broad SMARTS) is 1. The van der Waals surface area contributed by atoms with E-state index in [1.165, 1.54) is 25.3 Å². The lowest BCUT2D eigenvalue weighted by Gasteiger charge is -2.22. The summed E-state index contributed by atoms with van der Waals surface area (Å²) in [5.74, 6) is -0.745. The van der Waals surface area contributed by atoms with Gasteiger partial charge >= 0.3 is 5.97 Å². The van der Waals surface area contributed by atoms with Gasteiger partial charge in [0.05, 0.1) is 28.6 Å². The SMILES string of the molecule is CCCC[C@@H](C(=O)O)N1C(=O)/C(=C\c2ccc(-c3ccc(OC)cc3[N+](=O)[O-])o2)SC1=S. The van der Waals surface area contributed by atoms with Gasteiger partial charge in [-0.05, 0) is 30.7 Å². The third-order valence-corrected chi connectivity index (χ3v) is 6.15. The third kappa shape index (κ3) is 4.83. The highest BCUT2D eigenvalue weighted by atomic mass is 32.2. The monoisotopic (exact) mass is 476 g/mol. The Morgan fingerprint density at radius 2 is 2.16 bits per heavy atom. The number of unbranched alkanes of at least 4 members (excludes halogenated alkanes) is 1. The van der Waals surface area contributed by atoms with Crippen molar-refractivity contribution in [2.24, 2.45) is 0 Å². The first-order chi connectivity index (χ1) is 15.3. The topological polar surface area (TPSA) is 123 Å². The van der Waals surface area contributed by atoms with Crippen LogP contribution < -0.4 is 4.74 Å². The summed E-state index contributed by atoms with van der Waals surface area (Å²) in [5, 5.41) is 21.0. The predicted octanol–water partition coefficient (Wildman–Crippen LogP) is 4.71. The van der Waals surface area contributed by atoms with Crippen molar-refractivity contribution >= 4 is 51.9 Å². The molecule has 1 atom stereocenters. The molecule has 0 bridgehead atoms. The molecule has 1 amide bonds. The van der Waals surface area contributed by atoms with Gasteiger partial charge in [0.25, 0.3) is 11.6 Å². The highest BCUT2D eigenvalue weighted by Gasteiger charge is 2.40. The summed E-state index contributed by atoms with van der Waals surface area (Å²) >= 11 is 6.25. The first kappa shape index (κ1) is 23.5. The number of thioether (sulfide) groups is 1. The molecular formula is C21H20N2O7S2. The Morgan fingerprint density at radius 3 is 2.78 bits per heavy atom. The Bertz CT molecular complexity index is 1110. The molecule has 3 rings (SSSR count).